The predicted molar refractivity (Wildman–Crippen MR) is 83.6 cm³/mol. The molecule has 4 nitrogen and oxygen atoms in total. The van der Waals surface area contributed by atoms with Gasteiger partial charge in [-0.05, 0) is 36.6 Å². The first-order valence-electron chi connectivity index (χ1n) is 7.61. The lowest BCUT2D eigenvalue weighted by molar-refractivity contribution is -0.117. The zero-order chi connectivity index (χ0) is 15.1. The number of hydrogen-bond donors (Lipinski definition) is 1. The number of amides is 1. The van der Waals surface area contributed by atoms with Crippen LogP contribution in [0.5, 0.6) is 11.5 Å². The predicted octanol–water partition coefficient (Wildman–Crippen LogP) is 3.17. The molecule has 0 fully saturated rings. The monoisotopic (exact) mass is 289 g/mol. The molecule has 0 saturated heterocycles. The molecule has 1 aromatic carbocycles. The van der Waals surface area contributed by atoms with Gasteiger partial charge in [-0.25, -0.2) is 0 Å². The van der Waals surface area contributed by atoms with Crippen molar-refractivity contribution in [1.29, 1.82) is 0 Å². The molecule has 1 N–H and O–H groups in total. The molecule has 1 aromatic rings. The molecule has 0 unspecified atom stereocenters. The summed E-state index contributed by atoms with van der Waals surface area (Å²) in [4.78, 5) is 11.8. The number of hydrogen-bond acceptors (Lipinski definition) is 3. The molecule has 2 rings (SSSR count). The van der Waals surface area contributed by atoms with E-state index in [1.807, 2.05) is 18.2 Å². The summed E-state index contributed by atoms with van der Waals surface area (Å²) in [5.41, 5.74) is 0.930. The highest BCUT2D eigenvalue weighted by Crippen LogP contribution is 2.30. The van der Waals surface area contributed by atoms with Gasteiger partial charge in [0.1, 0.15) is 0 Å². The summed E-state index contributed by atoms with van der Waals surface area (Å²) < 4.78 is 11.2. The first kappa shape index (κ1) is 15.4. The standard InChI is InChI=1S/C17H23NO3/c1-3-14(4-2)18-17(19)9-7-13-6-8-15-16(12-13)21-11-5-10-20-15/h6-9,12,14H,3-5,10-11H2,1-2H3,(H,18,19)/b9-7+. The van der Waals surface area contributed by atoms with Gasteiger partial charge >= 0.3 is 0 Å². The highest BCUT2D eigenvalue weighted by molar-refractivity contribution is 5.92. The van der Waals surface area contributed by atoms with Crippen LogP contribution in [0.1, 0.15) is 38.7 Å². The van der Waals surface area contributed by atoms with E-state index < -0.39 is 0 Å². The topological polar surface area (TPSA) is 47.6 Å². The molecular formula is C17H23NO3. The molecule has 0 aromatic heterocycles. The number of nitrogens with one attached hydrogen (secondary N) is 1. The van der Waals surface area contributed by atoms with Crippen LogP contribution in [0.3, 0.4) is 0 Å². The third-order valence-corrected chi connectivity index (χ3v) is 3.53. The summed E-state index contributed by atoms with van der Waals surface area (Å²) >= 11 is 0. The van der Waals surface area contributed by atoms with E-state index >= 15 is 0 Å². The Balaban J connectivity index is 2.00. The maximum Gasteiger partial charge on any atom is 0.244 e. The molecule has 1 aliphatic rings. The molecule has 0 bridgehead atoms. The zero-order valence-electron chi connectivity index (χ0n) is 12.7. The van der Waals surface area contributed by atoms with Crippen molar-refractivity contribution in [1.82, 2.24) is 5.32 Å². The van der Waals surface area contributed by atoms with Gasteiger partial charge in [-0.15, -0.1) is 0 Å². The van der Waals surface area contributed by atoms with Gasteiger partial charge in [-0.2, -0.15) is 0 Å². The SMILES string of the molecule is CCC(CC)NC(=O)/C=C/c1ccc2c(c1)OCCCO2. The van der Waals surface area contributed by atoms with Gasteiger partial charge < -0.3 is 14.8 Å². The Morgan fingerprint density at radius 2 is 1.95 bits per heavy atom. The molecule has 0 radical (unpaired) electrons. The third kappa shape index (κ3) is 4.52. The molecule has 1 aliphatic heterocycles. The summed E-state index contributed by atoms with van der Waals surface area (Å²) in [5.74, 6) is 1.46. The minimum absolute atomic E-state index is 0.0594. The van der Waals surface area contributed by atoms with E-state index in [9.17, 15) is 4.79 Å². The Kier molecular flexibility index (Phi) is 5.67. The van der Waals surface area contributed by atoms with E-state index in [2.05, 4.69) is 19.2 Å². The molecule has 21 heavy (non-hydrogen) atoms. The second-order valence-corrected chi connectivity index (χ2v) is 5.11. The van der Waals surface area contributed by atoms with Crippen molar-refractivity contribution in [2.75, 3.05) is 13.2 Å². The summed E-state index contributed by atoms with van der Waals surface area (Å²) in [6, 6.07) is 5.96. The lowest BCUT2D eigenvalue weighted by atomic mass is 10.1. The highest BCUT2D eigenvalue weighted by atomic mass is 16.5. The van der Waals surface area contributed by atoms with Crippen molar-refractivity contribution in [2.24, 2.45) is 0 Å². The van der Waals surface area contributed by atoms with E-state index in [1.165, 1.54) is 0 Å². The van der Waals surface area contributed by atoms with Crippen LogP contribution < -0.4 is 14.8 Å². The minimum Gasteiger partial charge on any atom is -0.490 e. The average molecular weight is 289 g/mol. The third-order valence-electron chi connectivity index (χ3n) is 3.53. The Hall–Kier alpha value is -1.97. The molecule has 1 amide bonds. The van der Waals surface area contributed by atoms with Gasteiger partial charge in [0.25, 0.3) is 0 Å². The van der Waals surface area contributed by atoms with Gasteiger partial charge in [0.15, 0.2) is 11.5 Å². The van der Waals surface area contributed by atoms with Crippen molar-refractivity contribution in [3.05, 3.63) is 29.8 Å². The van der Waals surface area contributed by atoms with Gasteiger partial charge in [-0.3, -0.25) is 4.79 Å². The smallest absolute Gasteiger partial charge is 0.244 e. The largest absolute Gasteiger partial charge is 0.490 e. The molecular weight excluding hydrogens is 266 g/mol. The molecule has 0 atom stereocenters. The van der Waals surface area contributed by atoms with Crippen molar-refractivity contribution in [3.63, 3.8) is 0 Å². The van der Waals surface area contributed by atoms with Gasteiger partial charge in [0.2, 0.25) is 5.91 Å². The van der Waals surface area contributed by atoms with Gasteiger partial charge in [0, 0.05) is 18.5 Å². The van der Waals surface area contributed by atoms with E-state index in [4.69, 9.17) is 9.47 Å². The molecule has 1 heterocycles. The van der Waals surface area contributed by atoms with Crippen molar-refractivity contribution in [3.8, 4) is 11.5 Å². The van der Waals surface area contributed by atoms with E-state index in [1.54, 1.807) is 12.2 Å². The van der Waals surface area contributed by atoms with Crippen LogP contribution in [0.15, 0.2) is 24.3 Å². The first-order chi connectivity index (χ1) is 10.2. The number of benzene rings is 1. The number of carbonyl (C=O) groups excluding carboxylic acids is 1. The van der Waals surface area contributed by atoms with Crippen LogP contribution >= 0.6 is 0 Å². The number of carbonyl (C=O) groups is 1. The molecule has 0 saturated carbocycles. The second kappa shape index (κ2) is 7.72. The van der Waals surface area contributed by atoms with Crippen LogP contribution in [-0.2, 0) is 4.79 Å². The molecule has 0 spiro atoms. The molecule has 114 valence electrons. The highest BCUT2D eigenvalue weighted by Gasteiger charge is 2.10. The fraction of sp³-hybridized carbons (Fsp3) is 0.471. The summed E-state index contributed by atoms with van der Waals surface area (Å²) in [7, 11) is 0. The Morgan fingerprint density at radius 3 is 2.67 bits per heavy atom. The van der Waals surface area contributed by atoms with E-state index in [0.29, 0.717) is 13.2 Å². The van der Waals surface area contributed by atoms with E-state index in [-0.39, 0.29) is 11.9 Å². The lowest BCUT2D eigenvalue weighted by Crippen LogP contribution is -2.32. The van der Waals surface area contributed by atoms with E-state index in [0.717, 1.165) is 36.3 Å². The average Bonchev–Trinajstić information content (AvgIpc) is 2.75. The summed E-state index contributed by atoms with van der Waals surface area (Å²) in [5, 5.41) is 2.98. The van der Waals surface area contributed by atoms with Gasteiger partial charge in [0.05, 0.1) is 13.2 Å². The Bertz CT molecular complexity index is 507. The number of rotatable bonds is 5. The second-order valence-electron chi connectivity index (χ2n) is 5.11. The summed E-state index contributed by atoms with van der Waals surface area (Å²) in [6.45, 7) is 5.49. The Labute approximate surface area is 126 Å². The van der Waals surface area contributed by atoms with Crippen LogP contribution in [0.4, 0.5) is 0 Å². The quantitative estimate of drug-likeness (QED) is 0.847. The number of fused-ring (bicyclic) bond motifs is 1. The maximum absolute atomic E-state index is 11.8. The van der Waals surface area contributed by atoms with Crippen molar-refractivity contribution < 1.29 is 14.3 Å². The molecule has 0 aliphatic carbocycles. The summed E-state index contributed by atoms with van der Waals surface area (Å²) in [6.07, 6.45) is 6.14. The van der Waals surface area contributed by atoms with Crippen LogP contribution in [0.25, 0.3) is 6.08 Å². The molecule has 4 heteroatoms. The van der Waals surface area contributed by atoms with Crippen LogP contribution in [-0.4, -0.2) is 25.2 Å². The number of ether oxygens (including phenoxy) is 2. The normalized spacial score (nSPS) is 14.2. The fourth-order valence-electron chi connectivity index (χ4n) is 2.20. The maximum atomic E-state index is 11.8. The van der Waals surface area contributed by atoms with Crippen LogP contribution in [0.2, 0.25) is 0 Å². The fourth-order valence-corrected chi connectivity index (χ4v) is 2.20. The zero-order valence-corrected chi connectivity index (χ0v) is 12.7. The van der Waals surface area contributed by atoms with Crippen LogP contribution in [0, 0.1) is 0 Å². The van der Waals surface area contributed by atoms with Crippen molar-refractivity contribution >= 4 is 12.0 Å². The first-order valence-corrected chi connectivity index (χ1v) is 7.61. The van der Waals surface area contributed by atoms with Crippen molar-refractivity contribution in [2.45, 2.75) is 39.2 Å². The van der Waals surface area contributed by atoms with Gasteiger partial charge in [-0.1, -0.05) is 19.9 Å². The minimum atomic E-state index is -0.0594. The lowest BCUT2D eigenvalue weighted by Gasteiger charge is -2.12. The Morgan fingerprint density at radius 1 is 1.24 bits per heavy atom.